The van der Waals surface area contributed by atoms with Gasteiger partial charge < -0.3 is 10.1 Å². The van der Waals surface area contributed by atoms with Crippen molar-refractivity contribution in [2.45, 2.75) is 25.7 Å². The minimum Gasteiger partial charge on any atom is -0.497 e. The number of aromatic nitrogens is 2. The summed E-state index contributed by atoms with van der Waals surface area (Å²) in [5.41, 5.74) is 3.99. The van der Waals surface area contributed by atoms with Crippen molar-refractivity contribution in [2.24, 2.45) is 0 Å². The van der Waals surface area contributed by atoms with Gasteiger partial charge in [-0.3, -0.25) is 4.72 Å². The number of halogens is 1. The van der Waals surface area contributed by atoms with Crippen molar-refractivity contribution >= 4 is 38.4 Å². The molecule has 7 nitrogen and oxygen atoms in total. The number of rotatable bonds is 6. The van der Waals surface area contributed by atoms with Crippen LogP contribution in [0.2, 0.25) is 0 Å². The summed E-state index contributed by atoms with van der Waals surface area (Å²) in [5, 5.41) is 3.20. The molecule has 0 aliphatic heterocycles. The molecule has 0 saturated heterocycles. The van der Waals surface area contributed by atoms with Gasteiger partial charge in [0, 0.05) is 11.8 Å². The van der Waals surface area contributed by atoms with E-state index in [1.807, 2.05) is 26.0 Å². The van der Waals surface area contributed by atoms with Crippen molar-refractivity contribution in [2.75, 3.05) is 17.1 Å². The summed E-state index contributed by atoms with van der Waals surface area (Å²) in [7, 11) is -2.47. The normalized spacial score (nSPS) is 11.4. The Morgan fingerprint density at radius 1 is 0.879 bits per heavy atom. The van der Waals surface area contributed by atoms with Crippen molar-refractivity contribution in [3.8, 4) is 5.75 Å². The van der Waals surface area contributed by atoms with Crippen LogP contribution in [0.25, 0.3) is 11.0 Å². The first-order valence-corrected chi connectivity index (χ1v) is 11.6. The van der Waals surface area contributed by atoms with Crippen molar-refractivity contribution < 1.29 is 17.5 Å². The Bertz CT molecular complexity index is 1470. The average Bonchev–Trinajstić information content (AvgIpc) is 2.78. The topological polar surface area (TPSA) is 93.2 Å². The molecule has 0 spiro atoms. The first kappa shape index (κ1) is 22.5. The Morgan fingerprint density at radius 3 is 2.18 bits per heavy atom. The number of nitrogens with one attached hydrogen (secondary N) is 2. The molecule has 0 aliphatic rings. The highest BCUT2D eigenvalue weighted by Crippen LogP contribution is 2.32. The third kappa shape index (κ3) is 4.58. The fourth-order valence-electron chi connectivity index (χ4n) is 3.33. The zero-order chi connectivity index (χ0) is 23.8. The Hall–Kier alpha value is -3.72. The van der Waals surface area contributed by atoms with Gasteiger partial charge in [0.2, 0.25) is 0 Å². The average molecular weight is 467 g/mol. The van der Waals surface area contributed by atoms with E-state index < -0.39 is 15.8 Å². The van der Waals surface area contributed by atoms with E-state index in [0.29, 0.717) is 22.5 Å². The molecule has 170 valence electrons. The van der Waals surface area contributed by atoms with Crippen LogP contribution in [-0.2, 0) is 10.0 Å². The van der Waals surface area contributed by atoms with Crippen LogP contribution in [0.15, 0.2) is 59.5 Å². The smallest absolute Gasteiger partial charge is 0.263 e. The number of fused-ring (bicyclic) bond motifs is 1. The van der Waals surface area contributed by atoms with E-state index in [-0.39, 0.29) is 22.1 Å². The van der Waals surface area contributed by atoms with Gasteiger partial charge in [-0.15, -0.1) is 0 Å². The van der Waals surface area contributed by atoms with Gasteiger partial charge in [0.15, 0.2) is 11.6 Å². The van der Waals surface area contributed by atoms with Gasteiger partial charge in [0.1, 0.15) is 11.6 Å². The van der Waals surface area contributed by atoms with Gasteiger partial charge in [-0.2, -0.15) is 0 Å². The molecular weight excluding hydrogens is 443 g/mol. The zero-order valence-electron chi connectivity index (χ0n) is 18.6. The standard InChI is InChI=1S/C24H23FN4O3S/c1-14-11-17(32-4)13-22(16(14)3)28-23-24(27-21-8-6-5-7-20(21)26-23)29-33(30,31)18-9-10-19(25)15(2)12-18/h5-13H,1-4H3,(H,26,28)(H,27,29). The van der Waals surface area contributed by atoms with Gasteiger partial charge in [-0.25, -0.2) is 22.8 Å². The van der Waals surface area contributed by atoms with Crippen LogP contribution < -0.4 is 14.8 Å². The minimum absolute atomic E-state index is 0.0237. The maximum absolute atomic E-state index is 13.7. The second kappa shape index (κ2) is 8.67. The van der Waals surface area contributed by atoms with Crippen LogP contribution in [0.5, 0.6) is 5.75 Å². The molecular formula is C24H23FN4O3S. The molecule has 0 aliphatic carbocycles. The van der Waals surface area contributed by atoms with Crippen LogP contribution in [-0.4, -0.2) is 25.5 Å². The summed E-state index contributed by atoms with van der Waals surface area (Å²) in [5.74, 6) is 0.423. The van der Waals surface area contributed by atoms with Crippen LogP contribution in [0.1, 0.15) is 16.7 Å². The molecule has 3 aromatic carbocycles. The number of benzene rings is 3. The number of anilines is 3. The molecule has 0 fully saturated rings. The maximum Gasteiger partial charge on any atom is 0.263 e. The maximum atomic E-state index is 13.7. The van der Waals surface area contributed by atoms with E-state index in [1.54, 1.807) is 31.4 Å². The highest BCUT2D eigenvalue weighted by molar-refractivity contribution is 7.92. The number of nitrogens with zero attached hydrogens (tertiary/aromatic N) is 2. The lowest BCUT2D eigenvalue weighted by molar-refractivity contribution is 0.414. The van der Waals surface area contributed by atoms with E-state index >= 15 is 0 Å². The van der Waals surface area contributed by atoms with Gasteiger partial charge in [-0.05, 0) is 73.9 Å². The van der Waals surface area contributed by atoms with Gasteiger partial charge >= 0.3 is 0 Å². The zero-order valence-corrected chi connectivity index (χ0v) is 19.4. The fourth-order valence-corrected chi connectivity index (χ4v) is 4.42. The summed E-state index contributed by atoms with van der Waals surface area (Å²) >= 11 is 0. The van der Waals surface area contributed by atoms with Crippen molar-refractivity contribution in [3.63, 3.8) is 0 Å². The second-order valence-corrected chi connectivity index (χ2v) is 9.35. The Morgan fingerprint density at radius 2 is 1.55 bits per heavy atom. The number of sulfonamides is 1. The molecule has 4 aromatic rings. The van der Waals surface area contributed by atoms with Crippen LogP contribution in [0.3, 0.4) is 0 Å². The number of aryl methyl sites for hydroxylation is 2. The van der Waals surface area contributed by atoms with Crippen LogP contribution in [0.4, 0.5) is 21.7 Å². The number of ether oxygens (including phenoxy) is 1. The van der Waals surface area contributed by atoms with E-state index in [0.717, 1.165) is 17.2 Å². The first-order valence-electron chi connectivity index (χ1n) is 10.2. The van der Waals surface area contributed by atoms with E-state index in [1.165, 1.54) is 19.1 Å². The molecule has 0 unspecified atom stereocenters. The minimum atomic E-state index is -4.05. The molecule has 0 amide bonds. The van der Waals surface area contributed by atoms with E-state index in [2.05, 4.69) is 20.0 Å². The van der Waals surface area contributed by atoms with Crippen LogP contribution in [0, 0.1) is 26.6 Å². The third-order valence-corrected chi connectivity index (χ3v) is 6.71. The highest BCUT2D eigenvalue weighted by atomic mass is 32.2. The van der Waals surface area contributed by atoms with Crippen molar-refractivity contribution in [3.05, 3.63) is 77.1 Å². The van der Waals surface area contributed by atoms with Crippen molar-refractivity contribution in [1.82, 2.24) is 9.97 Å². The van der Waals surface area contributed by atoms with Crippen molar-refractivity contribution in [1.29, 1.82) is 0 Å². The molecule has 4 rings (SSSR count). The third-order valence-electron chi connectivity index (χ3n) is 5.37. The highest BCUT2D eigenvalue weighted by Gasteiger charge is 2.20. The molecule has 33 heavy (non-hydrogen) atoms. The second-order valence-electron chi connectivity index (χ2n) is 7.67. The fraction of sp³-hybridized carbons (Fsp3) is 0.167. The molecule has 0 saturated carbocycles. The molecule has 1 heterocycles. The van der Waals surface area contributed by atoms with Gasteiger partial charge in [0.25, 0.3) is 10.0 Å². The Kier molecular flexibility index (Phi) is 5.90. The molecule has 0 bridgehead atoms. The summed E-state index contributed by atoms with van der Waals surface area (Å²) in [4.78, 5) is 9.03. The monoisotopic (exact) mass is 466 g/mol. The molecule has 9 heteroatoms. The summed E-state index contributed by atoms with van der Waals surface area (Å²) in [6.45, 7) is 5.40. The lowest BCUT2D eigenvalue weighted by Crippen LogP contribution is -2.16. The molecule has 1 aromatic heterocycles. The SMILES string of the molecule is COc1cc(C)c(C)c(Nc2nc3ccccc3nc2NS(=O)(=O)c2ccc(F)c(C)c2)c1. The quantitative estimate of drug-likeness (QED) is 0.403. The summed E-state index contributed by atoms with van der Waals surface area (Å²) < 4.78 is 47.7. The lowest BCUT2D eigenvalue weighted by Gasteiger charge is -2.17. The Labute approximate surface area is 191 Å². The Balaban J connectivity index is 1.82. The van der Waals surface area contributed by atoms with Gasteiger partial charge in [0.05, 0.1) is 23.0 Å². The first-order chi connectivity index (χ1) is 15.7. The predicted molar refractivity (Wildman–Crippen MR) is 127 cm³/mol. The molecule has 0 atom stereocenters. The summed E-state index contributed by atoms with van der Waals surface area (Å²) in [6.07, 6.45) is 0. The largest absolute Gasteiger partial charge is 0.497 e. The number of hydrogen-bond donors (Lipinski definition) is 2. The predicted octanol–water partition coefficient (Wildman–Crippen LogP) is 5.25. The molecule has 2 N–H and O–H groups in total. The van der Waals surface area contributed by atoms with Gasteiger partial charge in [-0.1, -0.05) is 12.1 Å². The van der Waals surface area contributed by atoms with E-state index in [4.69, 9.17) is 4.74 Å². The summed E-state index contributed by atoms with van der Waals surface area (Å²) in [6, 6.07) is 14.5. The number of methoxy groups -OCH3 is 1. The lowest BCUT2D eigenvalue weighted by atomic mass is 10.1. The van der Waals surface area contributed by atoms with E-state index in [9.17, 15) is 12.8 Å². The number of hydrogen-bond acceptors (Lipinski definition) is 6. The molecule has 0 radical (unpaired) electrons. The van der Waals surface area contributed by atoms with Crippen LogP contribution >= 0.6 is 0 Å². The number of para-hydroxylation sites is 2.